The highest BCUT2D eigenvalue weighted by molar-refractivity contribution is 6.35. The molecule has 1 fully saturated rings. The summed E-state index contributed by atoms with van der Waals surface area (Å²) in [7, 11) is 1.99. The second kappa shape index (κ2) is 4.95. The Morgan fingerprint density at radius 3 is 2.50 bits per heavy atom. The van der Waals surface area contributed by atoms with Gasteiger partial charge >= 0.3 is 0 Å². The summed E-state index contributed by atoms with van der Waals surface area (Å²) in [5.74, 6) is 1.48. The van der Waals surface area contributed by atoms with Crippen molar-refractivity contribution in [2.75, 3.05) is 7.05 Å². The quantitative estimate of drug-likeness (QED) is 0.849. The van der Waals surface area contributed by atoms with E-state index in [9.17, 15) is 0 Å². The molecule has 1 nitrogen and oxygen atoms in total. The van der Waals surface area contributed by atoms with Crippen molar-refractivity contribution in [1.82, 2.24) is 5.32 Å². The zero-order valence-corrected chi connectivity index (χ0v) is 11.1. The molecular weight excluding hydrogens is 241 g/mol. The highest BCUT2D eigenvalue weighted by Gasteiger charge is 2.33. The van der Waals surface area contributed by atoms with Crippen LogP contribution in [0.4, 0.5) is 0 Å². The fourth-order valence-electron chi connectivity index (χ4n) is 2.35. The van der Waals surface area contributed by atoms with Crippen molar-refractivity contribution in [2.24, 2.45) is 11.8 Å². The molecule has 0 spiro atoms. The monoisotopic (exact) mass is 257 g/mol. The Bertz CT molecular complexity index is 374. The normalized spacial score (nSPS) is 19.5. The minimum absolute atomic E-state index is 0.331. The lowest BCUT2D eigenvalue weighted by molar-refractivity contribution is 0.369. The lowest BCUT2D eigenvalue weighted by atomic mass is 9.91. The van der Waals surface area contributed by atoms with Gasteiger partial charge in [-0.05, 0) is 49.4 Å². The van der Waals surface area contributed by atoms with E-state index < -0.39 is 0 Å². The summed E-state index contributed by atoms with van der Waals surface area (Å²) in [6, 6.07) is 6.09. The Balaban J connectivity index is 2.24. The van der Waals surface area contributed by atoms with Gasteiger partial charge < -0.3 is 5.32 Å². The minimum atomic E-state index is 0.331. The zero-order valence-electron chi connectivity index (χ0n) is 9.63. The van der Waals surface area contributed by atoms with Crippen molar-refractivity contribution in [3.8, 4) is 0 Å². The van der Waals surface area contributed by atoms with Gasteiger partial charge in [-0.15, -0.1) is 0 Å². The predicted molar refractivity (Wildman–Crippen MR) is 70.2 cm³/mol. The maximum atomic E-state index is 6.25. The van der Waals surface area contributed by atoms with Crippen molar-refractivity contribution in [1.29, 1.82) is 0 Å². The highest BCUT2D eigenvalue weighted by atomic mass is 35.5. The van der Waals surface area contributed by atoms with Gasteiger partial charge in [-0.1, -0.05) is 36.2 Å². The molecule has 1 aromatic carbocycles. The van der Waals surface area contributed by atoms with Gasteiger partial charge in [-0.3, -0.25) is 0 Å². The molecule has 1 saturated carbocycles. The maximum absolute atomic E-state index is 6.25. The van der Waals surface area contributed by atoms with Crippen LogP contribution in [0.2, 0.25) is 10.0 Å². The molecular formula is C13H17Cl2N. The van der Waals surface area contributed by atoms with Gasteiger partial charge in [0.2, 0.25) is 0 Å². The van der Waals surface area contributed by atoms with E-state index in [2.05, 4.69) is 12.2 Å². The predicted octanol–water partition coefficient (Wildman–Crippen LogP) is 4.30. The minimum Gasteiger partial charge on any atom is -0.313 e. The van der Waals surface area contributed by atoms with E-state index in [4.69, 9.17) is 23.2 Å². The fraction of sp³-hybridized carbons (Fsp3) is 0.538. The van der Waals surface area contributed by atoms with Crippen molar-refractivity contribution >= 4 is 23.2 Å². The first-order chi connectivity index (χ1) is 7.63. The molecule has 16 heavy (non-hydrogen) atoms. The van der Waals surface area contributed by atoms with E-state index in [1.165, 1.54) is 12.8 Å². The molecule has 0 aliphatic heterocycles. The lowest BCUT2D eigenvalue weighted by Crippen LogP contribution is -2.25. The molecule has 1 aromatic rings. The van der Waals surface area contributed by atoms with E-state index in [0.29, 0.717) is 17.0 Å². The van der Waals surface area contributed by atoms with E-state index in [1.54, 1.807) is 0 Å². The average Bonchev–Trinajstić information content (AvgIpc) is 3.05. The number of benzene rings is 1. The van der Waals surface area contributed by atoms with Crippen LogP contribution in [-0.4, -0.2) is 7.05 Å². The lowest BCUT2D eigenvalue weighted by Gasteiger charge is -2.25. The van der Waals surface area contributed by atoms with Gasteiger partial charge in [0.05, 0.1) is 0 Å². The van der Waals surface area contributed by atoms with E-state index >= 15 is 0 Å². The Labute approximate surface area is 107 Å². The van der Waals surface area contributed by atoms with Crippen molar-refractivity contribution in [2.45, 2.75) is 25.8 Å². The van der Waals surface area contributed by atoms with Crippen LogP contribution in [0, 0.1) is 11.8 Å². The second-order valence-electron chi connectivity index (χ2n) is 4.63. The summed E-state index contributed by atoms with van der Waals surface area (Å²) in [5, 5.41) is 4.83. The molecule has 0 heterocycles. The van der Waals surface area contributed by atoms with Crippen molar-refractivity contribution in [3.63, 3.8) is 0 Å². The second-order valence-corrected chi connectivity index (χ2v) is 5.47. The van der Waals surface area contributed by atoms with Gasteiger partial charge in [-0.2, -0.15) is 0 Å². The number of halogens is 2. The molecule has 88 valence electrons. The van der Waals surface area contributed by atoms with E-state index in [0.717, 1.165) is 16.5 Å². The van der Waals surface area contributed by atoms with Crippen LogP contribution < -0.4 is 5.32 Å². The van der Waals surface area contributed by atoms with Crippen LogP contribution in [-0.2, 0) is 0 Å². The molecule has 1 aliphatic carbocycles. The summed E-state index contributed by atoms with van der Waals surface area (Å²) in [4.78, 5) is 0. The smallest absolute Gasteiger partial charge is 0.0468 e. The van der Waals surface area contributed by atoms with Crippen LogP contribution in [0.25, 0.3) is 0 Å². The van der Waals surface area contributed by atoms with Gasteiger partial charge in [0.15, 0.2) is 0 Å². The summed E-state index contributed by atoms with van der Waals surface area (Å²) < 4.78 is 0. The molecule has 0 saturated heterocycles. The molecule has 1 aliphatic rings. The van der Waals surface area contributed by atoms with Gasteiger partial charge in [-0.25, -0.2) is 0 Å². The third-order valence-electron chi connectivity index (χ3n) is 3.50. The Kier molecular flexibility index (Phi) is 3.78. The first-order valence-electron chi connectivity index (χ1n) is 5.75. The van der Waals surface area contributed by atoms with Crippen LogP contribution in [0.1, 0.15) is 31.4 Å². The molecule has 2 atom stereocenters. The van der Waals surface area contributed by atoms with Crippen LogP contribution in [0.3, 0.4) is 0 Å². The number of nitrogens with one attached hydrogen (secondary N) is 1. The standard InChI is InChI=1S/C13H17Cl2N/c1-8(9-3-4-9)13(16-2)11-6-5-10(14)7-12(11)15/h5-9,13,16H,3-4H2,1-2H3. The summed E-state index contributed by atoms with van der Waals surface area (Å²) in [5.41, 5.74) is 1.16. The van der Waals surface area contributed by atoms with Gasteiger partial charge in [0, 0.05) is 16.1 Å². The fourth-order valence-corrected chi connectivity index (χ4v) is 2.88. The van der Waals surface area contributed by atoms with Crippen LogP contribution >= 0.6 is 23.2 Å². The summed E-state index contributed by atoms with van der Waals surface area (Å²) in [6.45, 7) is 2.30. The molecule has 2 rings (SSSR count). The number of hydrogen-bond donors (Lipinski definition) is 1. The molecule has 2 unspecified atom stereocenters. The maximum Gasteiger partial charge on any atom is 0.0468 e. The molecule has 3 heteroatoms. The van der Waals surface area contributed by atoms with Crippen molar-refractivity contribution in [3.05, 3.63) is 33.8 Å². The van der Waals surface area contributed by atoms with E-state index in [-0.39, 0.29) is 0 Å². The molecule has 0 amide bonds. The molecule has 1 N–H and O–H groups in total. The third kappa shape index (κ3) is 2.53. The van der Waals surface area contributed by atoms with Crippen LogP contribution in [0.15, 0.2) is 18.2 Å². The molecule has 0 bridgehead atoms. The Morgan fingerprint density at radius 2 is 2.00 bits per heavy atom. The van der Waals surface area contributed by atoms with Gasteiger partial charge in [0.25, 0.3) is 0 Å². The zero-order chi connectivity index (χ0) is 11.7. The number of rotatable bonds is 4. The topological polar surface area (TPSA) is 12.0 Å². The highest BCUT2D eigenvalue weighted by Crippen LogP contribution is 2.43. The largest absolute Gasteiger partial charge is 0.313 e. The van der Waals surface area contributed by atoms with Gasteiger partial charge in [0.1, 0.15) is 0 Å². The third-order valence-corrected chi connectivity index (χ3v) is 4.06. The summed E-state index contributed by atoms with van der Waals surface area (Å²) in [6.07, 6.45) is 2.70. The molecule has 0 aromatic heterocycles. The summed E-state index contributed by atoms with van der Waals surface area (Å²) >= 11 is 12.2. The first kappa shape index (κ1) is 12.2. The van der Waals surface area contributed by atoms with Crippen molar-refractivity contribution < 1.29 is 0 Å². The number of hydrogen-bond acceptors (Lipinski definition) is 1. The molecule has 0 radical (unpaired) electrons. The first-order valence-corrected chi connectivity index (χ1v) is 6.51. The average molecular weight is 258 g/mol. The van der Waals surface area contributed by atoms with E-state index in [1.807, 2.05) is 25.2 Å². The Morgan fingerprint density at radius 1 is 1.31 bits per heavy atom. The Hall–Kier alpha value is -0.240. The SMILES string of the molecule is CNC(c1ccc(Cl)cc1Cl)C(C)C1CC1. The van der Waals surface area contributed by atoms with Crippen LogP contribution in [0.5, 0.6) is 0 Å².